The average Bonchev–Trinajstić information content (AvgIpc) is 2.95. The summed E-state index contributed by atoms with van der Waals surface area (Å²) in [7, 11) is 0. The van der Waals surface area contributed by atoms with E-state index in [9.17, 15) is 9.59 Å². The molecule has 0 bridgehead atoms. The molecule has 0 saturated heterocycles. The Morgan fingerprint density at radius 3 is 2.90 bits per heavy atom. The van der Waals surface area contributed by atoms with Gasteiger partial charge in [-0.25, -0.2) is 4.98 Å². The Labute approximate surface area is 129 Å². The largest absolute Gasteiger partial charge is 0.481 e. The molecule has 110 valence electrons. The van der Waals surface area contributed by atoms with Crippen LogP contribution >= 0.6 is 22.7 Å². The average molecular weight is 322 g/mol. The monoisotopic (exact) mass is 322 g/mol. The van der Waals surface area contributed by atoms with Gasteiger partial charge in [-0.2, -0.15) is 11.3 Å². The zero-order chi connectivity index (χ0) is 14.8. The Kier molecular flexibility index (Phi) is 4.03. The second-order valence-electron chi connectivity index (χ2n) is 5.06. The van der Waals surface area contributed by atoms with Gasteiger partial charge >= 0.3 is 5.97 Å². The van der Waals surface area contributed by atoms with E-state index in [0.717, 1.165) is 23.4 Å². The normalized spacial score (nSPS) is 15.6. The first-order valence-corrected chi connectivity index (χ1v) is 8.40. The van der Waals surface area contributed by atoms with Crippen molar-refractivity contribution in [1.29, 1.82) is 0 Å². The summed E-state index contributed by atoms with van der Waals surface area (Å²) < 4.78 is 0. The Hall–Kier alpha value is -1.73. The fraction of sp³-hybridized carbons (Fsp3) is 0.357. The molecule has 1 amide bonds. The number of carboxylic acid groups (broad SMARTS) is 1. The molecule has 0 spiro atoms. The zero-order valence-corrected chi connectivity index (χ0v) is 12.7. The minimum Gasteiger partial charge on any atom is -0.481 e. The summed E-state index contributed by atoms with van der Waals surface area (Å²) in [6, 6.07) is 1.68. The molecular formula is C14H14N2O3S2. The maximum Gasteiger partial charge on any atom is 0.305 e. The van der Waals surface area contributed by atoms with Crippen molar-refractivity contribution in [3.8, 4) is 10.6 Å². The second kappa shape index (κ2) is 5.95. The van der Waals surface area contributed by atoms with E-state index in [2.05, 4.69) is 10.3 Å². The molecule has 1 saturated carbocycles. The number of rotatable bonds is 6. The van der Waals surface area contributed by atoms with E-state index >= 15 is 0 Å². The van der Waals surface area contributed by atoms with Gasteiger partial charge in [-0.15, -0.1) is 11.3 Å². The number of carbonyl (C=O) groups is 2. The van der Waals surface area contributed by atoms with Gasteiger partial charge in [0.05, 0.1) is 12.6 Å². The third-order valence-corrected chi connectivity index (χ3v) is 5.13. The van der Waals surface area contributed by atoms with Crippen molar-refractivity contribution >= 4 is 34.6 Å². The maximum atomic E-state index is 12.2. The first-order chi connectivity index (χ1) is 10.1. The molecule has 0 radical (unpaired) electrons. The van der Waals surface area contributed by atoms with Crippen molar-refractivity contribution in [2.45, 2.75) is 25.3 Å². The first-order valence-electron chi connectivity index (χ1n) is 6.64. The molecular weight excluding hydrogens is 308 g/mol. The van der Waals surface area contributed by atoms with Gasteiger partial charge in [-0.1, -0.05) is 0 Å². The van der Waals surface area contributed by atoms with Gasteiger partial charge in [0.25, 0.3) is 5.91 Å². The summed E-state index contributed by atoms with van der Waals surface area (Å²) >= 11 is 2.91. The second-order valence-corrected chi connectivity index (χ2v) is 6.87. The maximum absolute atomic E-state index is 12.2. The first kappa shape index (κ1) is 14.2. The predicted molar refractivity (Wildman–Crippen MR) is 81.7 cm³/mol. The number of aromatic nitrogens is 1. The number of nitrogens with one attached hydrogen (secondary N) is 1. The molecule has 0 aliphatic heterocycles. The number of thiazole rings is 1. The van der Waals surface area contributed by atoms with Crippen LogP contribution in [0, 0.1) is 5.92 Å². The molecule has 2 N–H and O–H groups in total. The topological polar surface area (TPSA) is 79.3 Å². The highest BCUT2D eigenvalue weighted by molar-refractivity contribution is 7.17. The molecule has 1 atom stereocenters. The number of nitrogens with zero attached hydrogens (tertiary/aromatic N) is 1. The highest BCUT2D eigenvalue weighted by atomic mass is 32.1. The molecule has 1 aliphatic carbocycles. The Bertz CT molecular complexity index is 647. The van der Waals surface area contributed by atoms with Crippen molar-refractivity contribution in [3.63, 3.8) is 0 Å². The van der Waals surface area contributed by atoms with Gasteiger partial charge in [0.2, 0.25) is 0 Å². The zero-order valence-electron chi connectivity index (χ0n) is 11.1. The van der Waals surface area contributed by atoms with Crippen molar-refractivity contribution < 1.29 is 14.7 Å². The quantitative estimate of drug-likeness (QED) is 0.857. The van der Waals surface area contributed by atoms with Crippen molar-refractivity contribution in [3.05, 3.63) is 27.9 Å². The summed E-state index contributed by atoms with van der Waals surface area (Å²) in [5.41, 5.74) is 1.01. The molecule has 7 heteroatoms. The lowest BCUT2D eigenvalue weighted by Gasteiger charge is -2.15. The van der Waals surface area contributed by atoms with Gasteiger partial charge in [0.15, 0.2) is 0 Å². The van der Waals surface area contributed by atoms with Crippen LogP contribution in [0.2, 0.25) is 0 Å². The number of aliphatic carboxylic acids is 1. The van der Waals surface area contributed by atoms with E-state index in [0.29, 0.717) is 10.8 Å². The molecule has 2 aromatic heterocycles. The summed E-state index contributed by atoms with van der Waals surface area (Å²) in [6.45, 7) is 0. The smallest absolute Gasteiger partial charge is 0.305 e. The number of hydrogen-bond acceptors (Lipinski definition) is 5. The third kappa shape index (κ3) is 3.48. The van der Waals surface area contributed by atoms with Crippen LogP contribution in [0.1, 0.15) is 28.9 Å². The fourth-order valence-corrected chi connectivity index (χ4v) is 3.69. The SMILES string of the molecule is O=C(O)C[C@H](NC(=O)c1cnc(-c2ccsc2)s1)C1CC1. The van der Waals surface area contributed by atoms with Gasteiger partial charge in [-0.3, -0.25) is 9.59 Å². The molecule has 1 aliphatic rings. The number of carbonyl (C=O) groups excluding carboxylic acids is 1. The van der Waals surface area contributed by atoms with Crippen LogP contribution in [0.15, 0.2) is 23.0 Å². The van der Waals surface area contributed by atoms with Crippen molar-refractivity contribution in [2.24, 2.45) is 5.92 Å². The van der Waals surface area contributed by atoms with Crippen LogP contribution in [-0.4, -0.2) is 28.0 Å². The van der Waals surface area contributed by atoms with Gasteiger partial charge < -0.3 is 10.4 Å². The fourth-order valence-electron chi connectivity index (χ4n) is 2.16. The lowest BCUT2D eigenvalue weighted by atomic mass is 10.1. The van der Waals surface area contributed by atoms with Gasteiger partial charge in [0.1, 0.15) is 9.88 Å². The summed E-state index contributed by atoms with van der Waals surface area (Å²) in [6.07, 6.45) is 3.51. The predicted octanol–water partition coefficient (Wildman–Crippen LogP) is 2.85. The standard InChI is InChI=1S/C14H14N2O3S2/c17-12(18)5-10(8-1-2-8)16-13(19)11-6-15-14(21-11)9-3-4-20-7-9/h3-4,6-8,10H,1-2,5H2,(H,16,19)(H,17,18)/t10-/m0/s1. The molecule has 0 unspecified atom stereocenters. The van der Waals surface area contributed by atoms with Crippen molar-refractivity contribution in [2.75, 3.05) is 0 Å². The minimum atomic E-state index is -0.879. The van der Waals surface area contributed by atoms with Crippen LogP contribution in [0.4, 0.5) is 0 Å². The summed E-state index contributed by atoms with van der Waals surface area (Å²) in [5, 5.41) is 16.5. The molecule has 3 rings (SSSR count). The Balaban J connectivity index is 1.68. The van der Waals surface area contributed by atoms with Crippen LogP contribution in [0.25, 0.3) is 10.6 Å². The highest BCUT2D eigenvalue weighted by Crippen LogP contribution is 2.34. The lowest BCUT2D eigenvalue weighted by Crippen LogP contribution is -2.37. The Morgan fingerprint density at radius 1 is 1.48 bits per heavy atom. The summed E-state index contributed by atoms with van der Waals surface area (Å²) in [5.74, 6) is -0.808. The van der Waals surface area contributed by atoms with Gasteiger partial charge in [0, 0.05) is 17.0 Å². The molecule has 0 aromatic carbocycles. The number of carboxylic acids is 1. The van der Waals surface area contributed by atoms with Crippen LogP contribution in [-0.2, 0) is 4.79 Å². The molecule has 5 nitrogen and oxygen atoms in total. The molecule has 2 heterocycles. The Morgan fingerprint density at radius 2 is 2.29 bits per heavy atom. The summed E-state index contributed by atoms with van der Waals surface area (Å²) in [4.78, 5) is 27.9. The van der Waals surface area contributed by atoms with E-state index in [1.807, 2.05) is 16.8 Å². The third-order valence-electron chi connectivity index (χ3n) is 3.40. The number of amides is 1. The van der Waals surface area contributed by atoms with Gasteiger partial charge in [-0.05, 0) is 30.2 Å². The highest BCUT2D eigenvalue weighted by Gasteiger charge is 2.34. The number of thiophene rings is 1. The minimum absolute atomic E-state index is 0.0212. The molecule has 2 aromatic rings. The number of hydrogen-bond donors (Lipinski definition) is 2. The lowest BCUT2D eigenvalue weighted by molar-refractivity contribution is -0.137. The van der Waals surface area contributed by atoms with Crippen LogP contribution in [0.3, 0.4) is 0 Å². The van der Waals surface area contributed by atoms with E-state index < -0.39 is 5.97 Å². The van der Waals surface area contributed by atoms with E-state index in [4.69, 9.17) is 5.11 Å². The van der Waals surface area contributed by atoms with E-state index in [1.54, 1.807) is 17.5 Å². The van der Waals surface area contributed by atoms with Crippen LogP contribution < -0.4 is 5.32 Å². The van der Waals surface area contributed by atoms with E-state index in [1.165, 1.54) is 11.3 Å². The van der Waals surface area contributed by atoms with Crippen LogP contribution in [0.5, 0.6) is 0 Å². The molecule has 21 heavy (non-hydrogen) atoms. The molecule has 1 fully saturated rings. The van der Waals surface area contributed by atoms with Crippen molar-refractivity contribution in [1.82, 2.24) is 10.3 Å². The van der Waals surface area contributed by atoms with E-state index in [-0.39, 0.29) is 18.4 Å².